The van der Waals surface area contributed by atoms with Crippen molar-refractivity contribution >= 4 is 12.1 Å². The van der Waals surface area contributed by atoms with E-state index in [2.05, 4.69) is 53.8 Å². The van der Waals surface area contributed by atoms with Gasteiger partial charge in [-0.15, -0.1) is 0 Å². The van der Waals surface area contributed by atoms with Crippen molar-refractivity contribution in [2.75, 3.05) is 13.7 Å². The van der Waals surface area contributed by atoms with Crippen molar-refractivity contribution < 1.29 is 19.1 Å². The Balaban J connectivity index is 1.34. The van der Waals surface area contributed by atoms with E-state index < -0.39 is 0 Å². The van der Waals surface area contributed by atoms with Crippen LogP contribution in [0.25, 0.3) is 11.1 Å². The Labute approximate surface area is 195 Å². The van der Waals surface area contributed by atoms with Crippen LogP contribution in [0.3, 0.4) is 0 Å². The highest BCUT2D eigenvalue weighted by Gasteiger charge is 2.04. The van der Waals surface area contributed by atoms with Crippen LogP contribution in [0.5, 0.6) is 0 Å². The fourth-order valence-electron chi connectivity index (χ4n) is 3.49. The maximum atomic E-state index is 11.8. The number of alkyl carbamates (subject to hydrolysis) is 1. The summed E-state index contributed by atoms with van der Waals surface area (Å²) in [6.07, 6.45) is 3.57. The molecular weight excluding hydrogens is 414 g/mol. The van der Waals surface area contributed by atoms with Crippen LogP contribution >= 0.6 is 0 Å². The van der Waals surface area contributed by atoms with E-state index in [0.29, 0.717) is 19.4 Å². The first-order valence-corrected chi connectivity index (χ1v) is 11.3. The minimum absolute atomic E-state index is 0.187. The van der Waals surface area contributed by atoms with Crippen molar-refractivity contribution in [2.24, 2.45) is 0 Å². The lowest BCUT2D eigenvalue weighted by Gasteiger charge is -2.08. The molecule has 0 saturated heterocycles. The number of methoxy groups -OCH3 is 1. The number of carbonyl (C=O) groups is 2. The number of hydrogen-bond acceptors (Lipinski definition) is 4. The molecule has 172 valence electrons. The third-order valence-electron chi connectivity index (χ3n) is 5.46. The average molecular weight is 446 g/mol. The van der Waals surface area contributed by atoms with Gasteiger partial charge in [0.25, 0.3) is 0 Å². The summed E-state index contributed by atoms with van der Waals surface area (Å²) in [5.74, 6) is -0.187. The van der Waals surface area contributed by atoms with Crippen LogP contribution in [0, 0.1) is 0 Å². The van der Waals surface area contributed by atoms with E-state index in [1.54, 1.807) is 0 Å². The topological polar surface area (TPSA) is 64.6 Å². The molecule has 0 fully saturated rings. The molecule has 0 aliphatic carbocycles. The molecule has 1 amide bonds. The Morgan fingerprint density at radius 2 is 1.33 bits per heavy atom. The van der Waals surface area contributed by atoms with E-state index in [0.717, 1.165) is 36.0 Å². The SMILES string of the molecule is COC(=O)CCc1ccc(-c2ccc(CCCCNC(=O)OCc3ccccc3)cc2)cc1. The molecule has 0 aliphatic rings. The number of benzene rings is 3. The van der Waals surface area contributed by atoms with Crippen molar-refractivity contribution in [3.8, 4) is 11.1 Å². The van der Waals surface area contributed by atoms with Crippen LogP contribution in [0.2, 0.25) is 0 Å². The van der Waals surface area contributed by atoms with Gasteiger partial charge < -0.3 is 14.8 Å². The molecule has 5 heteroatoms. The lowest BCUT2D eigenvalue weighted by molar-refractivity contribution is -0.140. The lowest BCUT2D eigenvalue weighted by atomic mass is 10.00. The molecule has 0 aliphatic heterocycles. The highest BCUT2D eigenvalue weighted by molar-refractivity contribution is 5.69. The molecule has 0 atom stereocenters. The van der Waals surface area contributed by atoms with Gasteiger partial charge in [-0.05, 0) is 53.5 Å². The monoisotopic (exact) mass is 445 g/mol. The molecule has 0 bridgehead atoms. The molecule has 0 saturated carbocycles. The summed E-state index contributed by atoms with van der Waals surface area (Å²) in [7, 11) is 1.41. The number of ether oxygens (including phenoxy) is 2. The summed E-state index contributed by atoms with van der Waals surface area (Å²) in [5.41, 5.74) is 5.70. The van der Waals surface area contributed by atoms with Crippen LogP contribution < -0.4 is 5.32 Å². The summed E-state index contributed by atoms with van der Waals surface area (Å²) in [6.45, 7) is 0.892. The second-order valence-electron chi connectivity index (χ2n) is 7.92. The van der Waals surface area contributed by atoms with Gasteiger partial charge in [-0.25, -0.2) is 4.79 Å². The van der Waals surface area contributed by atoms with E-state index in [4.69, 9.17) is 9.47 Å². The zero-order valence-corrected chi connectivity index (χ0v) is 19.1. The number of unbranched alkanes of at least 4 members (excludes halogenated alkanes) is 1. The first-order chi connectivity index (χ1) is 16.1. The average Bonchev–Trinajstić information content (AvgIpc) is 2.87. The van der Waals surface area contributed by atoms with E-state index in [1.807, 2.05) is 30.3 Å². The number of amides is 1. The quantitative estimate of drug-likeness (QED) is 0.303. The van der Waals surface area contributed by atoms with Crippen molar-refractivity contribution in [3.63, 3.8) is 0 Å². The van der Waals surface area contributed by atoms with Gasteiger partial charge in [0, 0.05) is 13.0 Å². The van der Waals surface area contributed by atoms with Crippen LogP contribution in [-0.4, -0.2) is 25.7 Å². The van der Waals surface area contributed by atoms with Gasteiger partial charge in [-0.2, -0.15) is 0 Å². The Bertz CT molecular complexity index is 998. The smallest absolute Gasteiger partial charge is 0.407 e. The predicted octanol–water partition coefficient (Wildman–Crippen LogP) is 5.71. The standard InChI is InChI=1S/C28H31NO4/c1-32-27(30)19-14-23-12-17-26(18-13-23)25-15-10-22(11-16-25)7-5-6-20-29-28(31)33-21-24-8-3-2-4-9-24/h2-4,8-13,15-18H,5-7,14,19-21H2,1H3,(H,29,31). The number of nitrogens with one attached hydrogen (secondary N) is 1. The number of esters is 1. The Kier molecular flexibility index (Phi) is 9.52. The number of rotatable bonds is 11. The van der Waals surface area contributed by atoms with Crippen LogP contribution in [0.1, 0.15) is 36.0 Å². The zero-order chi connectivity index (χ0) is 23.3. The molecule has 0 unspecified atom stereocenters. The summed E-state index contributed by atoms with van der Waals surface area (Å²) >= 11 is 0. The fourth-order valence-corrected chi connectivity index (χ4v) is 3.49. The van der Waals surface area contributed by atoms with Crippen molar-refractivity contribution in [2.45, 2.75) is 38.7 Å². The predicted molar refractivity (Wildman–Crippen MR) is 130 cm³/mol. The molecule has 1 N–H and O–H groups in total. The van der Waals surface area contributed by atoms with Crippen molar-refractivity contribution in [1.29, 1.82) is 0 Å². The van der Waals surface area contributed by atoms with Gasteiger partial charge in [-0.3, -0.25) is 4.79 Å². The molecular formula is C28H31NO4. The second kappa shape index (κ2) is 13.1. The lowest BCUT2D eigenvalue weighted by Crippen LogP contribution is -2.25. The summed E-state index contributed by atoms with van der Waals surface area (Å²) in [5, 5.41) is 2.81. The van der Waals surface area contributed by atoms with E-state index in [9.17, 15) is 9.59 Å². The van der Waals surface area contributed by atoms with Crippen molar-refractivity contribution in [1.82, 2.24) is 5.32 Å². The molecule has 5 nitrogen and oxygen atoms in total. The first kappa shape index (κ1) is 24.1. The molecule has 0 radical (unpaired) electrons. The third-order valence-corrected chi connectivity index (χ3v) is 5.46. The summed E-state index contributed by atoms with van der Waals surface area (Å²) in [4.78, 5) is 23.0. The van der Waals surface area contributed by atoms with E-state index >= 15 is 0 Å². The van der Waals surface area contributed by atoms with Gasteiger partial charge in [-0.1, -0.05) is 78.9 Å². The summed E-state index contributed by atoms with van der Waals surface area (Å²) < 4.78 is 9.90. The van der Waals surface area contributed by atoms with Gasteiger partial charge in [0.2, 0.25) is 0 Å². The number of hydrogen-bond donors (Lipinski definition) is 1. The Morgan fingerprint density at radius 3 is 1.94 bits per heavy atom. The number of aryl methyl sites for hydroxylation is 2. The third kappa shape index (κ3) is 8.45. The highest BCUT2D eigenvalue weighted by atomic mass is 16.5. The van der Waals surface area contributed by atoms with E-state index in [1.165, 1.54) is 18.2 Å². The molecule has 0 spiro atoms. The van der Waals surface area contributed by atoms with Gasteiger partial charge >= 0.3 is 12.1 Å². The Morgan fingerprint density at radius 1 is 0.727 bits per heavy atom. The maximum Gasteiger partial charge on any atom is 0.407 e. The molecule has 3 aromatic rings. The molecule has 3 aromatic carbocycles. The fraction of sp³-hybridized carbons (Fsp3) is 0.286. The molecule has 0 heterocycles. The van der Waals surface area contributed by atoms with Gasteiger partial charge in [0.1, 0.15) is 6.61 Å². The molecule has 3 rings (SSSR count). The van der Waals surface area contributed by atoms with Crippen molar-refractivity contribution in [3.05, 3.63) is 95.6 Å². The minimum Gasteiger partial charge on any atom is -0.469 e. The summed E-state index contributed by atoms with van der Waals surface area (Å²) in [6, 6.07) is 26.5. The molecule has 33 heavy (non-hydrogen) atoms. The van der Waals surface area contributed by atoms with E-state index in [-0.39, 0.29) is 18.7 Å². The zero-order valence-electron chi connectivity index (χ0n) is 19.1. The number of carbonyl (C=O) groups excluding carboxylic acids is 2. The molecule has 0 aromatic heterocycles. The highest BCUT2D eigenvalue weighted by Crippen LogP contribution is 2.21. The first-order valence-electron chi connectivity index (χ1n) is 11.3. The van der Waals surface area contributed by atoms with Crippen LogP contribution in [-0.2, 0) is 33.7 Å². The van der Waals surface area contributed by atoms with Gasteiger partial charge in [0.05, 0.1) is 7.11 Å². The Hall–Kier alpha value is -3.60. The maximum absolute atomic E-state index is 11.8. The minimum atomic E-state index is -0.375. The normalized spacial score (nSPS) is 10.5. The largest absolute Gasteiger partial charge is 0.469 e. The second-order valence-corrected chi connectivity index (χ2v) is 7.92. The van der Waals surface area contributed by atoms with Crippen LogP contribution in [0.15, 0.2) is 78.9 Å². The van der Waals surface area contributed by atoms with Gasteiger partial charge in [0.15, 0.2) is 0 Å². The van der Waals surface area contributed by atoms with Crippen LogP contribution in [0.4, 0.5) is 4.79 Å².